The first-order valence-electron chi connectivity index (χ1n) is 13.0. The third kappa shape index (κ3) is 4.44. The lowest BCUT2D eigenvalue weighted by Crippen LogP contribution is -2.66. The highest BCUT2D eigenvalue weighted by Crippen LogP contribution is 2.49. The molecule has 41 heavy (non-hydrogen) atoms. The van der Waals surface area contributed by atoms with Crippen LogP contribution in [0.3, 0.4) is 0 Å². The van der Waals surface area contributed by atoms with Gasteiger partial charge in [-0.2, -0.15) is 0 Å². The summed E-state index contributed by atoms with van der Waals surface area (Å²) in [6, 6.07) is 1.33. The molecule has 218 valence electrons. The summed E-state index contributed by atoms with van der Waals surface area (Å²) in [5, 5.41) is 6.37. The number of amides is 1. The predicted molar refractivity (Wildman–Crippen MR) is 141 cm³/mol. The second-order valence-electron chi connectivity index (χ2n) is 11.1. The van der Waals surface area contributed by atoms with E-state index in [0.29, 0.717) is 18.4 Å². The molecule has 14 heteroatoms. The van der Waals surface area contributed by atoms with Crippen molar-refractivity contribution in [3.05, 3.63) is 29.3 Å². The highest BCUT2D eigenvalue weighted by molar-refractivity contribution is 6.05. The van der Waals surface area contributed by atoms with Crippen LogP contribution in [0.5, 0.6) is 11.6 Å². The van der Waals surface area contributed by atoms with Crippen LogP contribution in [-0.4, -0.2) is 52.5 Å². The molecular formula is C27H27F5N6O3. The average Bonchev–Trinajstić information content (AvgIpc) is 3.10. The van der Waals surface area contributed by atoms with Gasteiger partial charge in [-0.25, -0.2) is 18.7 Å². The van der Waals surface area contributed by atoms with Gasteiger partial charge in [-0.1, -0.05) is 0 Å². The third-order valence-corrected chi connectivity index (χ3v) is 7.99. The smallest absolute Gasteiger partial charge is 0.472 e. The van der Waals surface area contributed by atoms with Crippen molar-refractivity contribution in [2.45, 2.75) is 70.6 Å². The molecule has 1 aromatic carbocycles. The van der Waals surface area contributed by atoms with Gasteiger partial charge in [0, 0.05) is 47.8 Å². The first kappa shape index (κ1) is 27.2. The van der Waals surface area contributed by atoms with E-state index < -0.39 is 47.0 Å². The van der Waals surface area contributed by atoms with Crippen molar-refractivity contribution in [3.63, 3.8) is 0 Å². The van der Waals surface area contributed by atoms with Crippen LogP contribution in [0.1, 0.15) is 39.2 Å². The number of anilines is 3. The summed E-state index contributed by atoms with van der Waals surface area (Å²) in [4.78, 5) is 23.2. The number of carbonyl (C=O) groups is 1. The number of carbonyl (C=O) groups excluding carboxylic acids is 1. The second kappa shape index (κ2) is 9.03. The third-order valence-electron chi connectivity index (χ3n) is 7.99. The number of aromatic nitrogens is 2. The first-order valence-corrected chi connectivity index (χ1v) is 13.0. The van der Waals surface area contributed by atoms with Crippen molar-refractivity contribution < 1.29 is 36.2 Å². The van der Waals surface area contributed by atoms with Crippen molar-refractivity contribution in [1.29, 1.82) is 0 Å². The standard InChI is InChI=1S/C27H27F5N6O3/c1-10-17-18-24(36-23(10)34-12(3)39)38-9-26(4)6-5-16(37-26)21(38)11(2)40-25(18)35-20(19(17)29)14-7-13(33)8-15(28)22(14)41-27(30,31)32/h7-8,11,16,21,37H,5-6,9,33H2,1-4H3,(H,34,36,39)/t11-,16-,21+,26+/m0/s1. The van der Waals surface area contributed by atoms with Crippen LogP contribution in [0.4, 0.5) is 39.3 Å². The molecule has 3 aliphatic heterocycles. The largest absolute Gasteiger partial charge is 0.573 e. The lowest BCUT2D eigenvalue weighted by molar-refractivity contribution is -0.275. The Labute approximate surface area is 231 Å². The topological polar surface area (TPSA) is 115 Å². The van der Waals surface area contributed by atoms with Crippen molar-refractivity contribution in [3.8, 4) is 22.9 Å². The van der Waals surface area contributed by atoms with Crippen LogP contribution in [0, 0.1) is 18.6 Å². The SMILES string of the molecule is CC(=O)Nc1nc2c3c(nc(-c4cc(N)cc(F)c4OC(F)(F)F)c(F)c3c1C)O[C@@H](C)[C@@H]1[C@@H]3CC[C@](C)(CN21)N3. The fraction of sp³-hybridized carbons (Fsp3) is 0.444. The number of pyridine rings is 2. The zero-order valence-electron chi connectivity index (χ0n) is 22.5. The molecule has 4 N–H and O–H groups in total. The van der Waals surface area contributed by atoms with Crippen LogP contribution in [0.25, 0.3) is 22.0 Å². The number of hydrogen-bond acceptors (Lipinski definition) is 8. The van der Waals surface area contributed by atoms with E-state index in [2.05, 4.69) is 27.3 Å². The molecule has 2 bridgehead atoms. The van der Waals surface area contributed by atoms with Gasteiger partial charge in [-0.3, -0.25) is 4.79 Å². The number of benzene rings is 1. The molecule has 9 nitrogen and oxygen atoms in total. The highest BCUT2D eigenvalue weighted by atomic mass is 19.4. The van der Waals surface area contributed by atoms with E-state index in [1.165, 1.54) is 13.8 Å². The Morgan fingerprint density at radius 3 is 2.68 bits per heavy atom. The van der Waals surface area contributed by atoms with Crippen LogP contribution in [0.2, 0.25) is 0 Å². The Balaban J connectivity index is 1.68. The Morgan fingerprint density at radius 2 is 2.00 bits per heavy atom. The van der Waals surface area contributed by atoms with E-state index in [-0.39, 0.29) is 51.3 Å². The average molecular weight is 579 g/mol. The van der Waals surface area contributed by atoms with Crippen molar-refractivity contribution >= 4 is 34.0 Å². The van der Waals surface area contributed by atoms with E-state index in [1.807, 2.05) is 11.8 Å². The molecular weight excluding hydrogens is 551 g/mol. The molecule has 3 aromatic rings. The Morgan fingerprint density at radius 1 is 1.27 bits per heavy atom. The zero-order chi connectivity index (χ0) is 29.6. The minimum Gasteiger partial charge on any atom is -0.472 e. The van der Waals surface area contributed by atoms with Gasteiger partial charge in [-0.05, 0) is 39.7 Å². The molecule has 0 saturated carbocycles. The van der Waals surface area contributed by atoms with E-state index >= 15 is 4.39 Å². The van der Waals surface area contributed by atoms with Gasteiger partial charge in [0.1, 0.15) is 23.4 Å². The van der Waals surface area contributed by atoms with E-state index in [4.69, 9.17) is 15.5 Å². The summed E-state index contributed by atoms with van der Waals surface area (Å²) in [7, 11) is 0. The van der Waals surface area contributed by atoms with Gasteiger partial charge in [-0.15, -0.1) is 13.2 Å². The number of nitrogens with two attached hydrogens (primary N) is 1. The molecule has 0 radical (unpaired) electrons. The normalized spacial score (nSPS) is 25.0. The number of hydrogen-bond donors (Lipinski definition) is 3. The Bertz CT molecular complexity index is 1620. The van der Waals surface area contributed by atoms with Crippen molar-refractivity contribution in [1.82, 2.24) is 15.3 Å². The molecule has 0 spiro atoms. The molecule has 6 rings (SSSR count). The summed E-state index contributed by atoms with van der Waals surface area (Å²) in [5.74, 6) is -3.97. The second-order valence-corrected chi connectivity index (χ2v) is 11.1. The number of rotatable bonds is 3. The van der Waals surface area contributed by atoms with Gasteiger partial charge >= 0.3 is 6.36 Å². The molecule has 0 aliphatic carbocycles. The fourth-order valence-electron chi connectivity index (χ4n) is 6.42. The quantitative estimate of drug-likeness (QED) is 0.300. The molecule has 2 saturated heterocycles. The van der Waals surface area contributed by atoms with Gasteiger partial charge in [0.05, 0.1) is 17.0 Å². The summed E-state index contributed by atoms with van der Waals surface area (Å²) in [6.07, 6.45) is -4.06. The highest BCUT2D eigenvalue weighted by Gasteiger charge is 2.51. The number of nitrogens with zero attached hydrogens (tertiary/aromatic N) is 3. The van der Waals surface area contributed by atoms with Crippen molar-refractivity contribution in [2.75, 3.05) is 22.5 Å². The number of nitrogens with one attached hydrogen (secondary N) is 2. The molecule has 2 fully saturated rings. The lowest BCUT2D eigenvalue weighted by Gasteiger charge is -2.46. The van der Waals surface area contributed by atoms with Gasteiger partial charge in [0.25, 0.3) is 0 Å². The van der Waals surface area contributed by atoms with E-state index in [9.17, 15) is 22.4 Å². The number of alkyl halides is 3. The number of aryl methyl sites for hydroxylation is 1. The monoisotopic (exact) mass is 578 g/mol. The van der Waals surface area contributed by atoms with Crippen LogP contribution < -0.4 is 30.7 Å². The molecule has 2 aromatic heterocycles. The van der Waals surface area contributed by atoms with E-state index in [0.717, 1.165) is 18.9 Å². The first-order chi connectivity index (χ1) is 19.2. The number of fused-ring (bicyclic) bond motifs is 5. The van der Waals surface area contributed by atoms with Gasteiger partial charge in [0.15, 0.2) is 17.4 Å². The maximum atomic E-state index is 16.6. The molecule has 1 amide bonds. The fourth-order valence-corrected chi connectivity index (χ4v) is 6.42. The molecule has 5 heterocycles. The predicted octanol–water partition coefficient (Wildman–Crippen LogP) is 4.80. The number of piperazine rings is 1. The van der Waals surface area contributed by atoms with Crippen molar-refractivity contribution in [2.24, 2.45) is 0 Å². The minimum atomic E-state index is -5.28. The number of ether oxygens (including phenoxy) is 2. The molecule has 4 atom stereocenters. The summed E-state index contributed by atoms with van der Waals surface area (Å²) in [6.45, 7) is 7.19. The maximum Gasteiger partial charge on any atom is 0.573 e. The number of nitrogen functional groups attached to an aromatic ring is 1. The Hall–Kier alpha value is -3.94. The summed E-state index contributed by atoms with van der Waals surface area (Å²) in [5.41, 5.74) is 4.09. The van der Waals surface area contributed by atoms with Gasteiger partial charge < -0.3 is 30.7 Å². The summed E-state index contributed by atoms with van der Waals surface area (Å²) < 4.78 is 81.5. The van der Waals surface area contributed by atoms with Crippen LogP contribution in [0.15, 0.2) is 12.1 Å². The zero-order valence-corrected chi connectivity index (χ0v) is 22.5. The molecule has 0 unspecified atom stereocenters. The number of halogens is 5. The van der Waals surface area contributed by atoms with Gasteiger partial charge in [0.2, 0.25) is 11.8 Å². The lowest BCUT2D eigenvalue weighted by atomic mass is 9.95. The van der Waals surface area contributed by atoms with Crippen LogP contribution in [-0.2, 0) is 4.79 Å². The minimum absolute atomic E-state index is 0.000412. The Kier molecular flexibility index (Phi) is 6.00. The maximum absolute atomic E-state index is 16.6. The van der Waals surface area contributed by atoms with E-state index in [1.54, 1.807) is 0 Å². The summed E-state index contributed by atoms with van der Waals surface area (Å²) >= 11 is 0. The molecule has 3 aliphatic rings. The van der Waals surface area contributed by atoms with Crippen LogP contribution >= 0.6 is 0 Å².